The first-order chi connectivity index (χ1) is 10.1. The molecular formula is C14H18FN5O. The molecule has 0 aliphatic heterocycles. The highest BCUT2D eigenvalue weighted by Crippen LogP contribution is 2.34. The monoisotopic (exact) mass is 291 g/mol. The van der Waals surface area contributed by atoms with Gasteiger partial charge in [-0.3, -0.25) is 4.90 Å². The Bertz CT molecular complexity index is 596. The molecule has 1 aliphatic rings. The van der Waals surface area contributed by atoms with Gasteiger partial charge in [0, 0.05) is 6.54 Å². The average molecular weight is 291 g/mol. The number of hydrogen-bond acceptors (Lipinski definition) is 5. The van der Waals surface area contributed by atoms with E-state index in [1.807, 2.05) is 16.6 Å². The standard InChI is InChI=1S/C14H18FN5O/c1-19(8-13(21)10-2-4-11(15)5-3-10)9-14-16-17-18-20(14)12-6-7-12/h2-5,12-13,21H,6-9H2,1H3. The zero-order chi connectivity index (χ0) is 14.8. The lowest BCUT2D eigenvalue weighted by molar-refractivity contribution is 0.121. The summed E-state index contributed by atoms with van der Waals surface area (Å²) in [5, 5.41) is 21.9. The van der Waals surface area contributed by atoms with Crippen molar-refractivity contribution in [2.75, 3.05) is 13.6 Å². The summed E-state index contributed by atoms with van der Waals surface area (Å²) in [5.74, 6) is 0.509. The molecule has 2 aromatic rings. The minimum absolute atomic E-state index is 0.303. The van der Waals surface area contributed by atoms with E-state index in [-0.39, 0.29) is 5.82 Å². The van der Waals surface area contributed by atoms with E-state index in [2.05, 4.69) is 15.5 Å². The Morgan fingerprint density at radius 1 is 1.38 bits per heavy atom. The van der Waals surface area contributed by atoms with Gasteiger partial charge in [0.25, 0.3) is 0 Å². The zero-order valence-electron chi connectivity index (χ0n) is 11.9. The minimum atomic E-state index is -0.666. The summed E-state index contributed by atoms with van der Waals surface area (Å²) in [5.41, 5.74) is 0.699. The van der Waals surface area contributed by atoms with E-state index in [4.69, 9.17) is 0 Å². The number of tetrazole rings is 1. The molecule has 1 fully saturated rings. The highest BCUT2D eigenvalue weighted by molar-refractivity contribution is 5.18. The summed E-state index contributed by atoms with van der Waals surface area (Å²) in [6.45, 7) is 1.00. The topological polar surface area (TPSA) is 67.1 Å². The predicted octanol–water partition coefficient (Wildman–Crippen LogP) is 1.31. The molecule has 1 saturated carbocycles. The third kappa shape index (κ3) is 3.43. The number of likely N-dealkylation sites (N-methyl/N-ethyl adjacent to an activating group) is 1. The molecule has 6 nitrogen and oxygen atoms in total. The molecule has 1 unspecified atom stereocenters. The second-order valence-electron chi connectivity index (χ2n) is 5.53. The number of hydrogen-bond donors (Lipinski definition) is 1. The maximum absolute atomic E-state index is 12.9. The van der Waals surface area contributed by atoms with Crippen LogP contribution in [0.15, 0.2) is 24.3 Å². The lowest BCUT2D eigenvalue weighted by Gasteiger charge is -2.20. The number of aliphatic hydroxyl groups is 1. The molecule has 0 saturated heterocycles. The summed E-state index contributed by atoms with van der Waals surface area (Å²) >= 11 is 0. The van der Waals surface area contributed by atoms with Gasteiger partial charge in [-0.25, -0.2) is 9.07 Å². The molecule has 1 atom stereocenters. The maximum atomic E-state index is 12.9. The van der Waals surface area contributed by atoms with E-state index >= 15 is 0 Å². The van der Waals surface area contributed by atoms with Crippen molar-refractivity contribution in [1.82, 2.24) is 25.1 Å². The molecule has 21 heavy (non-hydrogen) atoms. The van der Waals surface area contributed by atoms with Crippen molar-refractivity contribution in [1.29, 1.82) is 0 Å². The summed E-state index contributed by atoms with van der Waals surface area (Å²) in [7, 11) is 1.90. The van der Waals surface area contributed by atoms with Gasteiger partial charge in [-0.2, -0.15) is 0 Å². The van der Waals surface area contributed by atoms with Crippen LogP contribution in [0.4, 0.5) is 4.39 Å². The summed E-state index contributed by atoms with van der Waals surface area (Å²) in [4.78, 5) is 1.96. The Kier molecular flexibility index (Phi) is 3.94. The number of aromatic nitrogens is 4. The van der Waals surface area contributed by atoms with E-state index in [0.29, 0.717) is 24.7 Å². The van der Waals surface area contributed by atoms with Gasteiger partial charge >= 0.3 is 0 Å². The number of benzene rings is 1. The van der Waals surface area contributed by atoms with Crippen molar-refractivity contribution < 1.29 is 9.50 Å². The Balaban J connectivity index is 1.59. The van der Waals surface area contributed by atoms with E-state index in [1.165, 1.54) is 12.1 Å². The van der Waals surface area contributed by atoms with Crippen LogP contribution in [0.25, 0.3) is 0 Å². The number of nitrogens with zero attached hydrogens (tertiary/aromatic N) is 5. The second-order valence-corrected chi connectivity index (χ2v) is 5.53. The van der Waals surface area contributed by atoms with Gasteiger partial charge in [0.2, 0.25) is 0 Å². The lowest BCUT2D eigenvalue weighted by atomic mass is 10.1. The SMILES string of the molecule is CN(Cc1nnnn1C1CC1)CC(O)c1ccc(F)cc1. The Labute approximate surface area is 122 Å². The third-order valence-electron chi connectivity index (χ3n) is 3.60. The number of aliphatic hydroxyl groups excluding tert-OH is 1. The van der Waals surface area contributed by atoms with Crippen molar-refractivity contribution in [3.8, 4) is 0 Å². The van der Waals surface area contributed by atoms with Gasteiger partial charge in [0.15, 0.2) is 5.82 Å². The van der Waals surface area contributed by atoms with Crippen LogP contribution in [0.2, 0.25) is 0 Å². The molecule has 0 amide bonds. The first kappa shape index (κ1) is 14.1. The molecule has 3 rings (SSSR count). The quantitative estimate of drug-likeness (QED) is 0.869. The van der Waals surface area contributed by atoms with Gasteiger partial charge in [-0.1, -0.05) is 12.1 Å². The zero-order valence-corrected chi connectivity index (χ0v) is 11.9. The summed E-state index contributed by atoms with van der Waals surface area (Å²) in [6, 6.07) is 6.34. The summed E-state index contributed by atoms with van der Waals surface area (Å²) in [6.07, 6.45) is 1.58. The molecule has 1 heterocycles. The van der Waals surface area contributed by atoms with Crippen LogP contribution < -0.4 is 0 Å². The molecule has 0 radical (unpaired) electrons. The van der Waals surface area contributed by atoms with Crippen molar-refractivity contribution >= 4 is 0 Å². The Morgan fingerprint density at radius 3 is 2.76 bits per heavy atom. The van der Waals surface area contributed by atoms with Crippen molar-refractivity contribution in [2.45, 2.75) is 31.5 Å². The van der Waals surface area contributed by atoms with Crippen molar-refractivity contribution in [2.24, 2.45) is 0 Å². The molecule has 1 aromatic heterocycles. The van der Waals surface area contributed by atoms with Crippen LogP contribution in [0.3, 0.4) is 0 Å². The van der Waals surface area contributed by atoms with Crippen molar-refractivity contribution in [3.05, 3.63) is 41.5 Å². The maximum Gasteiger partial charge on any atom is 0.165 e. The molecule has 1 aromatic carbocycles. The molecule has 0 bridgehead atoms. The first-order valence-corrected chi connectivity index (χ1v) is 7.02. The largest absolute Gasteiger partial charge is 0.387 e. The molecular weight excluding hydrogens is 273 g/mol. The van der Waals surface area contributed by atoms with Crippen LogP contribution in [0.5, 0.6) is 0 Å². The van der Waals surface area contributed by atoms with Crippen LogP contribution in [0.1, 0.15) is 36.4 Å². The summed E-state index contributed by atoms with van der Waals surface area (Å²) < 4.78 is 14.7. The van der Waals surface area contributed by atoms with Gasteiger partial charge in [-0.05, 0) is 48.0 Å². The first-order valence-electron chi connectivity index (χ1n) is 7.02. The Morgan fingerprint density at radius 2 is 2.10 bits per heavy atom. The highest BCUT2D eigenvalue weighted by Gasteiger charge is 2.28. The average Bonchev–Trinajstić information content (AvgIpc) is 3.20. The highest BCUT2D eigenvalue weighted by atomic mass is 19.1. The van der Waals surface area contributed by atoms with E-state index in [1.54, 1.807) is 12.1 Å². The smallest absolute Gasteiger partial charge is 0.165 e. The lowest BCUT2D eigenvalue weighted by Crippen LogP contribution is -2.26. The second kappa shape index (κ2) is 5.87. The van der Waals surface area contributed by atoms with Gasteiger partial charge in [-0.15, -0.1) is 5.10 Å². The van der Waals surface area contributed by atoms with E-state index in [9.17, 15) is 9.50 Å². The van der Waals surface area contributed by atoms with Gasteiger partial charge in [0.1, 0.15) is 5.82 Å². The number of rotatable bonds is 6. The van der Waals surface area contributed by atoms with Gasteiger partial charge in [0.05, 0.1) is 18.7 Å². The van der Waals surface area contributed by atoms with E-state index in [0.717, 1.165) is 18.7 Å². The molecule has 0 spiro atoms. The molecule has 1 N–H and O–H groups in total. The Hall–Kier alpha value is -1.86. The van der Waals surface area contributed by atoms with Crippen molar-refractivity contribution in [3.63, 3.8) is 0 Å². The third-order valence-corrected chi connectivity index (χ3v) is 3.60. The number of halogens is 1. The predicted molar refractivity (Wildman–Crippen MR) is 73.8 cm³/mol. The van der Waals surface area contributed by atoms with Crippen LogP contribution in [0, 0.1) is 5.82 Å². The fourth-order valence-electron chi connectivity index (χ4n) is 2.31. The fourth-order valence-corrected chi connectivity index (χ4v) is 2.31. The van der Waals surface area contributed by atoms with Crippen LogP contribution in [-0.4, -0.2) is 43.8 Å². The van der Waals surface area contributed by atoms with E-state index < -0.39 is 6.10 Å². The van der Waals surface area contributed by atoms with Crippen LogP contribution in [-0.2, 0) is 6.54 Å². The molecule has 112 valence electrons. The molecule has 1 aliphatic carbocycles. The molecule has 7 heteroatoms. The minimum Gasteiger partial charge on any atom is -0.387 e. The van der Waals surface area contributed by atoms with Gasteiger partial charge < -0.3 is 5.11 Å². The fraction of sp³-hybridized carbons (Fsp3) is 0.500. The normalized spacial score (nSPS) is 16.4. The van der Waals surface area contributed by atoms with Crippen LogP contribution >= 0.6 is 0 Å².